The highest BCUT2D eigenvalue weighted by Gasteiger charge is 2.22. The lowest BCUT2D eigenvalue weighted by molar-refractivity contribution is -0.139. The summed E-state index contributed by atoms with van der Waals surface area (Å²) < 4.78 is 4.87. The molecule has 0 saturated heterocycles. The molecule has 10 heteroatoms. The number of benzene rings is 2. The van der Waals surface area contributed by atoms with Crippen molar-refractivity contribution >= 4 is 29.5 Å². The molecule has 0 spiro atoms. The Labute approximate surface area is 185 Å². The maximum Gasteiger partial charge on any atom is 0.347 e. The van der Waals surface area contributed by atoms with Crippen LogP contribution in [-0.4, -0.2) is 41.5 Å². The largest absolute Gasteiger partial charge is 0.508 e. The molecule has 0 fully saturated rings. The number of hydrogen-bond donors (Lipinski definition) is 6. The average Bonchev–Trinajstić information content (AvgIpc) is 2.76. The first-order valence-corrected chi connectivity index (χ1v) is 10.0. The molecular formula is C22H27N5O5. The van der Waals surface area contributed by atoms with Gasteiger partial charge in [-0.2, -0.15) is 0 Å². The van der Waals surface area contributed by atoms with Gasteiger partial charge in [0.15, 0.2) is 5.96 Å². The van der Waals surface area contributed by atoms with E-state index in [1.807, 2.05) is 0 Å². The predicted octanol–water partition coefficient (Wildman–Crippen LogP) is 1.24. The third-order valence-electron chi connectivity index (χ3n) is 4.50. The molecule has 0 saturated carbocycles. The standard InChI is InChI=1S/C22H27N5O5/c23-17(5-3-13-26-22(24)25)21(31)32-20(30)16-4-1-2-6-18(16)27-19(29)12-9-14-7-10-15(28)11-8-14/h1-2,4,6-8,10-11,17,28H,3,5,9,12-13,23H2,(H,27,29)(H4,24,25,26)/t17-/m0/s1. The number of amides is 1. The van der Waals surface area contributed by atoms with E-state index in [-0.39, 0.29) is 41.7 Å². The SMILES string of the molecule is N=C(N)NCCC[C@H](N)C(=O)OC(=O)c1ccccc1NC(=O)CCc1ccc(O)cc1. The van der Waals surface area contributed by atoms with Crippen molar-refractivity contribution in [1.29, 1.82) is 5.41 Å². The number of anilines is 1. The first-order valence-electron chi connectivity index (χ1n) is 10.0. The zero-order chi connectivity index (χ0) is 23.5. The molecule has 0 aliphatic heterocycles. The van der Waals surface area contributed by atoms with Crippen LogP contribution in [0.4, 0.5) is 5.69 Å². The van der Waals surface area contributed by atoms with E-state index in [0.29, 0.717) is 19.4 Å². The van der Waals surface area contributed by atoms with Gasteiger partial charge in [-0.25, -0.2) is 9.59 Å². The van der Waals surface area contributed by atoms with Gasteiger partial charge in [-0.1, -0.05) is 24.3 Å². The minimum Gasteiger partial charge on any atom is -0.508 e. The summed E-state index contributed by atoms with van der Waals surface area (Å²) in [6, 6.07) is 11.7. The van der Waals surface area contributed by atoms with Gasteiger partial charge in [0, 0.05) is 13.0 Å². The zero-order valence-electron chi connectivity index (χ0n) is 17.5. The highest BCUT2D eigenvalue weighted by Crippen LogP contribution is 2.18. The van der Waals surface area contributed by atoms with Crippen molar-refractivity contribution in [3.05, 3.63) is 59.7 Å². The zero-order valence-corrected chi connectivity index (χ0v) is 17.5. The van der Waals surface area contributed by atoms with Gasteiger partial charge in [-0.15, -0.1) is 0 Å². The third-order valence-corrected chi connectivity index (χ3v) is 4.50. The van der Waals surface area contributed by atoms with E-state index in [1.54, 1.807) is 36.4 Å². The molecule has 0 aliphatic carbocycles. The molecule has 0 aliphatic rings. The number of carbonyl (C=O) groups is 3. The number of aryl methyl sites for hydroxylation is 1. The van der Waals surface area contributed by atoms with Crippen LogP contribution in [0, 0.1) is 5.41 Å². The lowest BCUT2D eigenvalue weighted by Crippen LogP contribution is -2.36. The van der Waals surface area contributed by atoms with E-state index >= 15 is 0 Å². The molecule has 2 aromatic rings. The number of para-hydroxylation sites is 1. The van der Waals surface area contributed by atoms with Crippen LogP contribution in [0.15, 0.2) is 48.5 Å². The number of nitrogens with two attached hydrogens (primary N) is 2. The smallest absolute Gasteiger partial charge is 0.347 e. The Hall–Kier alpha value is -3.92. The fourth-order valence-corrected chi connectivity index (χ4v) is 2.79. The number of aromatic hydroxyl groups is 1. The highest BCUT2D eigenvalue weighted by atomic mass is 16.6. The van der Waals surface area contributed by atoms with Gasteiger partial charge in [0.05, 0.1) is 11.3 Å². The first kappa shape index (κ1) is 24.4. The van der Waals surface area contributed by atoms with Gasteiger partial charge in [-0.3, -0.25) is 10.2 Å². The van der Waals surface area contributed by atoms with E-state index in [9.17, 15) is 19.5 Å². The van der Waals surface area contributed by atoms with Crippen molar-refractivity contribution in [2.24, 2.45) is 11.5 Å². The van der Waals surface area contributed by atoms with E-state index in [1.165, 1.54) is 12.1 Å². The Kier molecular flexibility index (Phi) is 9.18. The van der Waals surface area contributed by atoms with Gasteiger partial charge in [0.2, 0.25) is 5.91 Å². The fraction of sp³-hybridized carbons (Fsp3) is 0.273. The number of hydrogen-bond acceptors (Lipinski definition) is 7. The molecule has 8 N–H and O–H groups in total. The molecular weight excluding hydrogens is 414 g/mol. The lowest BCUT2D eigenvalue weighted by Gasteiger charge is -2.13. The number of esters is 2. The number of rotatable bonds is 10. The van der Waals surface area contributed by atoms with Crippen LogP contribution < -0.4 is 22.1 Å². The molecule has 0 unspecified atom stereocenters. The summed E-state index contributed by atoms with van der Waals surface area (Å²) in [4.78, 5) is 36.9. The molecule has 0 bridgehead atoms. The minimum atomic E-state index is -1.01. The molecule has 0 radical (unpaired) electrons. The molecule has 0 heterocycles. The summed E-state index contributed by atoms with van der Waals surface area (Å²) in [6.45, 7) is 0.364. The van der Waals surface area contributed by atoms with Crippen LogP contribution >= 0.6 is 0 Å². The molecule has 1 amide bonds. The van der Waals surface area contributed by atoms with E-state index in [2.05, 4.69) is 10.6 Å². The van der Waals surface area contributed by atoms with Crippen LogP contribution in [-0.2, 0) is 20.7 Å². The van der Waals surface area contributed by atoms with E-state index < -0.39 is 18.0 Å². The number of guanidine groups is 1. The van der Waals surface area contributed by atoms with Crippen LogP contribution in [0.1, 0.15) is 35.2 Å². The summed E-state index contributed by atoms with van der Waals surface area (Å²) >= 11 is 0. The van der Waals surface area contributed by atoms with Crippen LogP contribution in [0.3, 0.4) is 0 Å². The quantitative estimate of drug-likeness (QED) is 0.105. The molecule has 10 nitrogen and oxygen atoms in total. The first-order chi connectivity index (χ1) is 15.3. The van der Waals surface area contributed by atoms with E-state index in [0.717, 1.165) is 5.56 Å². The summed E-state index contributed by atoms with van der Waals surface area (Å²) in [5.74, 6) is -2.15. The van der Waals surface area contributed by atoms with Crippen molar-refractivity contribution in [3.8, 4) is 5.75 Å². The summed E-state index contributed by atoms with van der Waals surface area (Å²) in [6.07, 6.45) is 1.30. The predicted molar refractivity (Wildman–Crippen MR) is 119 cm³/mol. The Morgan fingerprint density at radius 2 is 1.78 bits per heavy atom. The Balaban J connectivity index is 1.89. The second-order valence-electron chi connectivity index (χ2n) is 7.06. The van der Waals surface area contributed by atoms with Crippen LogP contribution in [0.2, 0.25) is 0 Å². The van der Waals surface area contributed by atoms with Gasteiger partial charge in [0.1, 0.15) is 11.8 Å². The number of nitrogens with one attached hydrogen (secondary N) is 3. The monoisotopic (exact) mass is 441 g/mol. The molecule has 2 aromatic carbocycles. The Morgan fingerprint density at radius 1 is 1.09 bits per heavy atom. The number of carbonyl (C=O) groups excluding carboxylic acids is 3. The molecule has 170 valence electrons. The summed E-state index contributed by atoms with van der Waals surface area (Å²) in [5.41, 5.74) is 12.1. The summed E-state index contributed by atoms with van der Waals surface area (Å²) in [7, 11) is 0. The van der Waals surface area contributed by atoms with Gasteiger partial charge in [-0.05, 0) is 49.1 Å². The van der Waals surface area contributed by atoms with Gasteiger partial charge in [0.25, 0.3) is 0 Å². The Morgan fingerprint density at radius 3 is 2.47 bits per heavy atom. The highest BCUT2D eigenvalue weighted by molar-refractivity contribution is 6.05. The van der Waals surface area contributed by atoms with Gasteiger partial charge < -0.3 is 31.9 Å². The molecule has 0 aromatic heterocycles. The lowest BCUT2D eigenvalue weighted by atomic mass is 10.1. The molecule has 32 heavy (non-hydrogen) atoms. The van der Waals surface area contributed by atoms with Crippen molar-refractivity contribution < 1.29 is 24.2 Å². The normalized spacial score (nSPS) is 11.3. The molecule has 1 atom stereocenters. The van der Waals surface area contributed by atoms with Crippen LogP contribution in [0.5, 0.6) is 5.75 Å². The van der Waals surface area contributed by atoms with Gasteiger partial charge >= 0.3 is 11.9 Å². The van der Waals surface area contributed by atoms with Crippen molar-refractivity contribution in [2.45, 2.75) is 31.7 Å². The number of phenols is 1. The Bertz CT molecular complexity index is 961. The topological polar surface area (TPSA) is 181 Å². The molecule has 2 rings (SSSR count). The fourth-order valence-electron chi connectivity index (χ4n) is 2.79. The summed E-state index contributed by atoms with van der Waals surface area (Å²) in [5, 5.41) is 21.6. The third kappa shape index (κ3) is 8.07. The maximum absolute atomic E-state index is 12.5. The van der Waals surface area contributed by atoms with Crippen molar-refractivity contribution in [2.75, 3.05) is 11.9 Å². The minimum absolute atomic E-state index is 0.0317. The van der Waals surface area contributed by atoms with Crippen molar-refractivity contribution in [1.82, 2.24) is 5.32 Å². The number of ether oxygens (including phenoxy) is 1. The average molecular weight is 441 g/mol. The second kappa shape index (κ2) is 12.1. The van der Waals surface area contributed by atoms with Crippen LogP contribution in [0.25, 0.3) is 0 Å². The number of phenolic OH excluding ortho intramolecular Hbond substituents is 1. The van der Waals surface area contributed by atoms with Crippen molar-refractivity contribution in [3.63, 3.8) is 0 Å². The second-order valence-corrected chi connectivity index (χ2v) is 7.06. The van der Waals surface area contributed by atoms with E-state index in [4.69, 9.17) is 21.6 Å². The maximum atomic E-state index is 12.5.